The van der Waals surface area contributed by atoms with Crippen LogP contribution >= 0.6 is 23.2 Å². The van der Waals surface area contributed by atoms with Crippen molar-refractivity contribution in [2.75, 3.05) is 7.05 Å². The SMILES string of the molecule is CNC(CC1=CCCCC1)Cc1cccc(Cl)c1Cl. The lowest BCUT2D eigenvalue weighted by Gasteiger charge is -2.21. The molecule has 1 N–H and O–H groups in total. The van der Waals surface area contributed by atoms with Crippen LogP contribution in [0.1, 0.15) is 37.7 Å². The summed E-state index contributed by atoms with van der Waals surface area (Å²) in [6.45, 7) is 0. The molecule has 1 unspecified atom stereocenters. The van der Waals surface area contributed by atoms with Gasteiger partial charge in [0, 0.05) is 6.04 Å². The molecule has 2 rings (SSSR count). The molecular weight excluding hydrogens is 277 g/mol. The smallest absolute Gasteiger partial charge is 0.0624 e. The van der Waals surface area contributed by atoms with Gasteiger partial charge in [-0.1, -0.05) is 47.0 Å². The van der Waals surface area contributed by atoms with Crippen LogP contribution < -0.4 is 5.32 Å². The van der Waals surface area contributed by atoms with Crippen LogP contribution in [-0.4, -0.2) is 13.1 Å². The van der Waals surface area contributed by atoms with Crippen LogP contribution in [0.25, 0.3) is 0 Å². The Bertz CT molecular complexity index is 454. The Morgan fingerprint density at radius 1 is 1.21 bits per heavy atom. The van der Waals surface area contributed by atoms with Gasteiger partial charge in [0.15, 0.2) is 0 Å². The Kier molecular flexibility index (Phi) is 5.75. The predicted octanol–water partition coefficient (Wildman–Crippen LogP) is 5.01. The van der Waals surface area contributed by atoms with E-state index in [0.717, 1.165) is 18.4 Å². The van der Waals surface area contributed by atoms with E-state index < -0.39 is 0 Å². The summed E-state index contributed by atoms with van der Waals surface area (Å²) in [6.07, 6.45) is 9.61. The van der Waals surface area contributed by atoms with Crippen molar-refractivity contribution in [2.45, 2.75) is 44.6 Å². The first-order chi connectivity index (χ1) is 9.20. The van der Waals surface area contributed by atoms with Gasteiger partial charge >= 0.3 is 0 Å². The highest BCUT2D eigenvalue weighted by atomic mass is 35.5. The average molecular weight is 298 g/mol. The van der Waals surface area contributed by atoms with E-state index in [9.17, 15) is 0 Å². The molecule has 0 radical (unpaired) electrons. The van der Waals surface area contributed by atoms with Gasteiger partial charge in [0.2, 0.25) is 0 Å². The maximum absolute atomic E-state index is 6.26. The summed E-state index contributed by atoms with van der Waals surface area (Å²) in [4.78, 5) is 0. The number of hydrogen-bond acceptors (Lipinski definition) is 1. The number of allylic oxidation sites excluding steroid dienone is 1. The topological polar surface area (TPSA) is 12.0 Å². The van der Waals surface area contributed by atoms with Crippen molar-refractivity contribution in [3.05, 3.63) is 45.5 Å². The van der Waals surface area contributed by atoms with E-state index in [2.05, 4.69) is 17.5 Å². The summed E-state index contributed by atoms with van der Waals surface area (Å²) in [5.41, 5.74) is 2.72. The fraction of sp³-hybridized carbons (Fsp3) is 0.500. The van der Waals surface area contributed by atoms with E-state index in [1.165, 1.54) is 25.7 Å². The molecule has 0 saturated heterocycles. The number of nitrogens with one attached hydrogen (secondary N) is 1. The predicted molar refractivity (Wildman–Crippen MR) is 84.2 cm³/mol. The third kappa shape index (κ3) is 4.24. The summed E-state index contributed by atoms with van der Waals surface area (Å²) in [7, 11) is 2.02. The third-order valence-corrected chi connectivity index (χ3v) is 4.66. The molecule has 0 saturated carbocycles. The van der Waals surface area contributed by atoms with Crippen LogP contribution in [0.2, 0.25) is 10.0 Å². The number of benzene rings is 1. The van der Waals surface area contributed by atoms with Gasteiger partial charge in [-0.25, -0.2) is 0 Å². The zero-order valence-corrected chi connectivity index (χ0v) is 12.9. The molecule has 1 aliphatic carbocycles. The van der Waals surface area contributed by atoms with Gasteiger partial charge in [-0.05, 0) is 57.2 Å². The molecule has 0 heterocycles. The van der Waals surface area contributed by atoms with E-state index >= 15 is 0 Å². The highest BCUT2D eigenvalue weighted by Gasteiger charge is 2.14. The Morgan fingerprint density at radius 3 is 2.74 bits per heavy atom. The van der Waals surface area contributed by atoms with Crippen LogP contribution in [0.15, 0.2) is 29.8 Å². The van der Waals surface area contributed by atoms with E-state index in [4.69, 9.17) is 23.2 Å². The molecule has 1 aromatic carbocycles. The van der Waals surface area contributed by atoms with E-state index in [1.54, 1.807) is 5.57 Å². The molecule has 0 spiro atoms. The third-order valence-electron chi connectivity index (χ3n) is 3.80. The minimum Gasteiger partial charge on any atom is -0.316 e. The molecule has 1 aromatic rings. The van der Waals surface area contributed by atoms with Gasteiger partial charge in [0.25, 0.3) is 0 Å². The Hall–Kier alpha value is -0.500. The van der Waals surface area contributed by atoms with Crippen LogP contribution in [-0.2, 0) is 6.42 Å². The van der Waals surface area contributed by atoms with Crippen molar-refractivity contribution >= 4 is 23.2 Å². The highest BCUT2D eigenvalue weighted by molar-refractivity contribution is 6.42. The van der Waals surface area contributed by atoms with E-state index in [0.29, 0.717) is 16.1 Å². The molecule has 0 amide bonds. The van der Waals surface area contributed by atoms with Crippen LogP contribution in [0, 0.1) is 0 Å². The van der Waals surface area contributed by atoms with Gasteiger partial charge in [-0.15, -0.1) is 0 Å². The quantitative estimate of drug-likeness (QED) is 0.753. The maximum atomic E-state index is 6.26. The molecular formula is C16H21Cl2N. The Labute approximate surface area is 126 Å². The standard InChI is InChI=1S/C16H21Cl2N/c1-19-14(10-12-6-3-2-4-7-12)11-13-8-5-9-15(17)16(13)18/h5-6,8-9,14,19H,2-4,7,10-11H2,1H3. The summed E-state index contributed by atoms with van der Waals surface area (Å²) in [5.74, 6) is 0. The Morgan fingerprint density at radius 2 is 2.05 bits per heavy atom. The molecule has 0 fully saturated rings. The molecule has 104 valence electrons. The molecule has 1 nitrogen and oxygen atoms in total. The molecule has 0 aliphatic heterocycles. The van der Waals surface area contributed by atoms with Crippen molar-refractivity contribution in [3.8, 4) is 0 Å². The number of hydrogen-bond donors (Lipinski definition) is 1. The van der Waals surface area contributed by atoms with E-state index in [1.807, 2.05) is 19.2 Å². The van der Waals surface area contributed by atoms with Crippen LogP contribution in [0.5, 0.6) is 0 Å². The van der Waals surface area contributed by atoms with Gasteiger partial charge in [-0.3, -0.25) is 0 Å². The second kappa shape index (κ2) is 7.33. The van der Waals surface area contributed by atoms with Crippen molar-refractivity contribution in [1.29, 1.82) is 0 Å². The first-order valence-electron chi connectivity index (χ1n) is 6.98. The lowest BCUT2D eigenvalue weighted by Crippen LogP contribution is -2.28. The summed E-state index contributed by atoms with van der Waals surface area (Å²) < 4.78 is 0. The zero-order valence-electron chi connectivity index (χ0n) is 11.4. The number of likely N-dealkylation sites (N-methyl/N-ethyl adjacent to an activating group) is 1. The molecule has 0 aromatic heterocycles. The van der Waals surface area contributed by atoms with Crippen molar-refractivity contribution < 1.29 is 0 Å². The van der Waals surface area contributed by atoms with Gasteiger partial charge in [0.05, 0.1) is 10.0 Å². The van der Waals surface area contributed by atoms with Gasteiger partial charge in [-0.2, -0.15) is 0 Å². The van der Waals surface area contributed by atoms with Gasteiger partial charge < -0.3 is 5.32 Å². The van der Waals surface area contributed by atoms with Crippen LogP contribution in [0.3, 0.4) is 0 Å². The monoisotopic (exact) mass is 297 g/mol. The fourth-order valence-electron chi connectivity index (χ4n) is 2.65. The summed E-state index contributed by atoms with van der Waals surface area (Å²) in [5, 5.41) is 4.74. The first kappa shape index (κ1) is 14.9. The average Bonchev–Trinajstić information content (AvgIpc) is 2.44. The highest BCUT2D eigenvalue weighted by Crippen LogP contribution is 2.28. The molecule has 3 heteroatoms. The fourth-order valence-corrected chi connectivity index (χ4v) is 3.05. The normalized spacial score (nSPS) is 17.1. The second-order valence-electron chi connectivity index (χ2n) is 5.21. The van der Waals surface area contributed by atoms with Crippen molar-refractivity contribution in [1.82, 2.24) is 5.32 Å². The number of rotatable bonds is 5. The largest absolute Gasteiger partial charge is 0.316 e. The lowest BCUT2D eigenvalue weighted by molar-refractivity contribution is 0.532. The molecule has 19 heavy (non-hydrogen) atoms. The summed E-state index contributed by atoms with van der Waals surface area (Å²) in [6, 6.07) is 6.30. The van der Waals surface area contributed by atoms with Crippen molar-refractivity contribution in [3.63, 3.8) is 0 Å². The zero-order chi connectivity index (χ0) is 13.7. The van der Waals surface area contributed by atoms with E-state index in [-0.39, 0.29) is 0 Å². The summed E-state index contributed by atoms with van der Waals surface area (Å²) >= 11 is 12.3. The van der Waals surface area contributed by atoms with Gasteiger partial charge in [0.1, 0.15) is 0 Å². The maximum Gasteiger partial charge on any atom is 0.0624 e. The first-order valence-corrected chi connectivity index (χ1v) is 7.74. The molecule has 1 aliphatic rings. The van der Waals surface area contributed by atoms with Crippen molar-refractivity contribution in [2.24, 2.45) is 0 Å². The Balaban J connectivity index is 2.02. The number of halogens is 2. The minimum atomic E-state index is 0.431. The minimum absolute atomic E-state index is 0.431. The van der Waals surface area contributed by atoms with Crippen LogP contribution in [0.4, 0.5) is 0 Å². The molecule has 1 atom stereocenters. The lowest BCUT2D eigenvalue weighted by atomic mass is 9.92. The second-order valence-corrected chi connectivity index (χ2v) is 6.00. The molecule has 0 bridgehead atoms.